The van der Waals surface area contributed by atoms with Gasteiger partial charge in [0, 0.05) is 36.2 Å². The van der Waals surface area contributed by atoms with Gasteiger partial charge < -0.3 is 4.98 Å². The molecular weight excluding hydrogens is 304 g/mol. The predicted molar refractivity (Wildman–Crippen MR) is 86.7 cm³/mol. The van der Waals surface area contributed by atoms with Crippen LogP contribution >= 0.6 is 0 Å². The van der Waals surface area contributed by atoms with E-state index in [0.717, 1.165) is 28.7 Å². The SMILES string of the molecule is N#CCC(C1CCC(=O)C1)n1cc(-c2ncnc3[nH]ccc23)cn1. The minimum Gasteiger partial charge on any atom is -0.346 e. The summed E-state index contributed by atoms with van der Waals surface area (Å²) in [5.41, 5.74) is 2.47. The molecule has 1 N–H and O–H groups in total. The Bertz CT molecular complexity index is 934. The zero-order valence-electron chi connectivity index (χ0n) is 13.0. The van der Waals surface area contributed by atoms with E-state index in [0.29, 0.717) is 19.3 Å². The maximum Gasteiger partial charge on any atom is 0.141 e. The lowest BCUT2D eigenvalue weighted by Crippen LogP contribution is -2.18. The highest BCUT2D eigenvalue weighted by Crippen LogP contribution is 2.35. The van der Waals surface area contributed by atoms with Crippen LogP contribution in [0.25, 0.3) is 22.3 Å². The van der Waals surface area contributed by atoms with Crippen LogP contribution in [-0.2, 0) is 4.79 Å². The Morgan fingerprint density at radius 3 is 3.17 bits per heavy atom. The van der Waals surface area contributed by atoms with Crippen LogP contribution in [0, 0.1) is 17.2 Å². The number of hydrogen-bond acceptors (Lipinski definition) is 5. The van der Waals surface area contributed by atoms with Gasteiger partial charge in [0.25, 0.3) is 0 Å². The van der Waals surface area contributed by atoms with Gasteiger partial charge in [0.1, 0.15) is 17.8 Å². The Balaban J connectivity index is 1.69. The number of nitrogens with zero attached hydrogens (tertiary/aromatic N) is 5. The number of Topliss-reactive ketones (excluding diaryl/α,β-unsaturated/α-hetero) is 1. The van der Waals surface area contributed by atoms with Crippen LogP contribution in [0.15, 0.2) is 31.0 Å². The molecule has 0 amide bonds. The Kier molecular flexibility index (Phi) is 3.58. The number of nitriles is 1. The minimum atomic E-state index is -0.0706. The smallest absolute Gasteiger partial charge is 0.141 e. The van der Waals surface area contributed by atoms with E-state index >= 15 is 0 Å². The molecule has 0 radical (unpaired) electrons. The minimum absolute atomic E-state index is 0.0706. The quantitative estimate of drug-likeness (QED) is 0.796. The Morgan fingerprint density at radius 1 is 1.46 bits per heavy atom. The van der Waals surface area contributed by atoms with Crippen molar-refractivity contribution in [3.8, 4) is 17.3 Å². The van der Waals surface area contributed by atoms with Gasteiger partial charge in [-0.15, -0.1) is 0 Å². The molecule has 0 spiro atoms. The van der Waals surface area contributed by atoms with E-state index in [2.05, 4.69) is 26.1 Å². The monoisotopic (exact) mass is 320 g/mol. The fourth-order valence-electron chi connectivity index (χ4n) is 3.49. The first-order valence-corrected chi connectivity index (χ1v) is 7.97. The number of fused-ring (bicyclic) bond motifs is 1. The third-order valence-corrected chi connectivity index (χ3v) is 4.70. The molecule has 0 bridgehead atoms. The number of aromatic amines is 1. The maximum absolute atomic E-state index is 11.6. The third kappa shape index (κ3) is 2.46. The Hall–Kier alpha value is -3.01. The molecule has 2 unspecified atom stereocenters. The van der Waals surface area contributed by atoms with Crippen molar-refractivity contribution in [1.82, 2.24) is 24.7 Å². The van der Waals surface area contributed by atoms with Crippen LogP contribution in [0.1, 0.15) is 31.7 Å². The maximum atomic E-state index is 11.6. The lowest BCUT2D eigenvalue weighted by molar-refractivity contribution is -0.117. The molecule has 0 saturated heterocycles. The van der Waals surface area contributed by atoms with Crippen LogP contribution in [0.4, 0.5) is 0 Å². The normalized spacial score (nSPS) is 18.8. The number of H-pyrrole nitrogens is 1. The lowest BCUT2D eigenvalue weighted by atomic mass is 9.96. The molecule has 2 atom stereocenters. The molecule has 3 aromatic rings. The average Bonchev–Trinajstić information content (AvgIpc) is 3.32. The molecule has 7 heteroatoms. The van der Waals surface area contributed by atoms with E-state index in [1.54, 1.807) is 6.20 Å². The third-order valence-electron chi connectivity index (χ3n) is 4.70. The van der Waals surface area contributed by atoms with Crippen molar-refractivity contribution in [2.45, 2.75) is 31.7 Å². The van der Waals surface area contributed by atoms with Crippen molar-refractivity contribution in [2.24, 2.45) is 5.92 Å². The molecule has 24 heavy (non-hydrogen) atoms. The van der Waals surface area contributed by atoms with E-state index < -0.39 is 0 Å². The molecule has 1 saturated carbocycles. The number of ketones is 1. The Labute approximate surface area is 138 Å². The fourth-order valence-corrected chi connectivity index (χ4v) is 3.49. The van der Waals surface area contributed by atoms with E-state index in [1.165, 1.54) is 6.33 Å². The summed E-state index contributed by atoms with van der Waals surface area (Å²) in [7, 11) is 0. The largest absolute Gasteiger partial charge is 0.346 e. The summed E-state index contributed by atoms with van der Waals surface area (Å²) >= 11 is 0. The highest BCUT2D eigenvalue weighted by atomic mass is 16.1. The highest BCUT2D eigenvalue weighted by Gasteiger charge is 2.31. The lowest BCUT2D eigenvalue weighted by Gasteiger charge is -2.20. The van der Waals surface area contributed by atoms with E-state index in [4.69, 9.17) is 5.26 Å². The summed E-state index contributed by atoms with van der Waals surface area (Å²) in [5.74, 6) is 0.461. The van der Waals surface area contributed by atoms with Crippen LogP contribution in [0.5, 0.6) is 0 Å². The number of rotatable bonds is 4. The summed E-state index contributed by atoms with van der Waals surface area (Å²) in [6.45, 7) is 0. The zero-order chi connectivity index (χ0) is 16.5. The van der Waals surface area contributed by atoms with Crippen molar-refractivity contribution in [3.05, 3.63) is 31.0 Å². The molecule has 4 rings (SSSR count). The van der Waals surface area contributed by atoms with Gasteiger partial charge in [-0.2, -0.15) is 10.4 Å². The van der Waals surface area contributed by atoms with Gasteiger partial charge in [-0.05, 0) is 18.4 Å². The zero-order valence-corrected chi connectivity index (χ0v) is 13.0. The van der Waals surface area contributed by atoms with Crippen LogP contribution in [0.3, 0.4) is 0 Å². The van der Waals surface area contributed by atoms with Gasteiger partial charge in [0.05, 0.1) is 30.4 Å². The molecule has 0 aromatic carbocycles. The number of carbonyl (C=O) groups is 1. The molecule has 120 valence electrons. The van der Waals surface area contributed by atoms with Gasteiger partial charge in [0.2, 0.25) is 0 Å². The van der Waals surface area contributed by atoms with Gasteiger partial charge in [0.15, 0.2) is 0 Å². The van der Waals surface area contributed by atoms with Gasteiger partial charge in [-0.3, -0.25) is 9.48 Å². The molecule has 3 aromatic heterocycles. The first kappa shape index (κ1) is 14.6. The standard InChI is InChI=1S/C17H16N6O/c18-5-3-15(11-1-2-13(24)7-11)23-9-12(8-22-23)16-14-4-6-19-17(14)21-10-20-16/h4,6,8-11,15H,1-3,7H2,(H,19,20,21). The summed E-state index contributed by atoms with van der Waals surface area (Å²) in [6, 6.07) is 4.09. The van der Waals surface area contributed by atoms with Gasteiger partial charge in [-0.25, -0.2) is 9.97 Å². The molecular formula is C17H16N6O. The topological polar surface area (TPSA) is 100 Å². The molecule has 3 heterocycles. The first-order chi connectivity index (χ1) is 11.8. The van der Waals surface area contributed by atoms with Crippen molar-refractivity contribution in [2.75, 3.05) is 0 Å². The van der Waals surface area contributed by atoms with Crippen LogP contribution in [-0.4, -0.2) is 30.5 Å². The Morgan fingerprint density at radius 2 is 2.38 bits per heavy atom. The van der Waals surface area contributed by atoms with E-state index in [9.17, 15) is 4.79 Å². The fraction of sp³-hybridized carbons (Fsp3) is 0.353. The van der Waals surface area contributed by atoms with Crippen LogP contribution < -0.4 is 0 Å². The predicted octanol–water partition coefficient (Wildman–Crippen LogP) is 2.65. The second-order valence-corrected chi connectivity index (χ2v) is 6.14. The van der Waals surface area contributed by atoms with E-state index in [-0.39, 0.29) is 17.7 Å². The summed E-state index contributed by atoms with van der Waals surface area (Å²) in [6.07, 6.45) is 9.35. The van der Waals surface area contributed by atoms with Crippen molar-refractivity contribution in [3.63, 3.8) is 0 Å². The van der Waals surface area contributed by atoms with Crippen molar-refractivity contribution >= 4 is 16.8 Å². The number of hydrogen-bond donors (Lipinski definition) is 1. The molecule has 1 fully saturated rings. The highest BCUT2D eigenvalue weighted by molar-refractivity contribution is 5.90. The second kappa shape index (κ2) is 5.89. The summed E-state index contributed by atoms with van der Waals surface area (Å²) in [5, 5.41) is 14.6. The molecule has 1 aliphatic carbocycles. The van der Waals surface area contributed by atoms with Crippen molar-refractivity contribution < 1.29 is 4.79 Å². The summed E-state index contributed by atoms with van der Waals surface area (Å²) in [4.78, 5) is 23.2. The molecule has 7 nitrogen and oxygen atoms in total. The molecule has 1 aliphatic rings. The van der Waals surface area contributed by atoms with Gasteiger partial charge >= 0.3 is 0 Å². The van der Waals surface area contributed by atoms with Crippen molar-refractivity contribution in [1.29, 1.82) is 5.26 Å². The summed E-state index contributed by atoms with van der Waals surface area (Å²) < 4.78 is 1.82. The average molecular weight is 320 g/mol. The number of nitrogens with one attached hydrogen (secondary N) is 1. The second-order valence-electron chi connectivity index (χ2n) is 6.14. The number of carbonyl (C=O) groups excluding carboxylic acids is 1. The van der Waals surface area contributed by atoms with E-state index in [1.807, 2.05) is 23.1 Å². The van der Waals surface area contributed by atoms with Gasteiger partial charge in [-0.1, -0.05) is 0 Å². The number of aromatic nitrogens is 5. The first-order valence-electron chi connectivity index (χ1n) is 7.97. The molecule has 0 aliphatic heterocycles. The van der Waals surface area contributed by atoms with Crippen LogP contribution in [0.2, 0.25) is 0 Å².